The summed E-state index contributed by atoms with van der Waals surface area (Å²) in [7, 11) is 0. The van der Waals surface area contributed by atoms with E-state index in [-0.39, 0.29) is 31.1 Å². The van der Waals surface area contributed by atoms with Gasteiger partial charge in [-0.1, -0.05) is 85.1 Å². The first kappa shape index (κ1) is 43.2. The number of aliphatic hydroxyl groups is 1. The summed E-state index contributed by atoms with van der Waals surface area (Å²) in [5, 5.41) is 9.42. The predicted molar refractivity (Wildman–Crippen MR) is 167 cm³/mol. The highest BCUT2D eigenvalue weighted by Crippen LogP contribution is 2.62. The van der Waals surface area contributed by atoms with Gasteiger partial charge in [-0.05, 0) is 76.2 Å². The Hall–Kier alpha value is -1.90. The number of Topliss-reactive ketones (excluding diaryl/α,β-unsaturated/α-hetero) is 1. The van der Waals surface area contributed by atoms with Gasteiger partial charge in [-0.25, -0.2) is 4.99 Å². The molecule has 1 atom stereocenters. The second-order valence-electron chi connectivity index (χ2n) is 12.0. The summed E-state index contributed by atoms with van der Waals surface area (Å²) in [5.41, 5.74) is 0.120. The fourth-order valence-electron chi connectivity index (χ4n) is 3.92. The van der Waals surface area contributed by atoms with Crippen molar-refractivity contribution >= 4 is 11.5 Å². The van der Waals surface area contributed by atoms with Crippen LogP contribution in [0.1, 0.15) is 127 Å². The zero-order chi connectivity index (χ0) is 34.0. The molecule has 1 aliphatic rings. The molecular formula is C34H57F6NO2. The largest absolute Gasteiger partial charge is 0.398 e. The molecule has 0 aromatic rings. The number of nitrogens with zero attached hydrogens (tertiary/aromatic N) is 1. The van der Waals surface area contributed by atoms with Crippen molar-refractivity contribution in [2.24, 2.45) is 28.2 Å². The Morgan fingerprint density at radius 2 is 1.49 bits per heavy atom. The number of aliphatic imine (C=N–C) groups is 1. The number of carbonyl (C=O) groups excluding carboxylic acids is 1. The minimum atomic E-state index is -4.25. The normalized spacial score (nSPS) is 16.8. The van der Waals surface area contributed by atoms with Crippen molar-refractivity contribution in [2.75, 3.05) is 6.61 Å². The lowest BCUT2D eigenvalue weighted by molar-refractivity contribution is -0.175. The van der Waals surface area contributed by atoms with Crippen LogP contribution in [-0.2, 0) is 4.79 Å². The molecule has 1 aliphatic carbocycles. The van der Waals surface area contributed by atoms with Crippen LogP contribution in [0.3, 0.4) is 0 Å². The molecule has 1 rings (SSSR count). The molecule has 1 fully saturated rings. The van der Waals surface area contributed by atoms with E-state index in [1.165, 1.54) is 13.3 Å². The number of halogens is 6. The number of unbranched alkanes of at least 4 members (excludes halogenated alkanes) is 1. The van der Waals surface area contributed by atoms with Crippen molar-refractivity contribution in [3.63, 3.8) is 0 Å². The third kappa shape index (κ3) is 17.9. The molecule has 0 spiro atoms. The summed E-state index contributed by atoms with van der Waals surface area (Å²) in [6.07, 6.45) is 1.21. The molecule has 0 bridgehead atoms. The van der Waals surface area contributed by atoms with Crippen LogP contribution in [0.2, 0.25) is 0 Å². The van der Waals surface area contributed by atoms with Crippen LogP contribution >= 0.6 is 0 Å². The molecule has 9 heteroatoms. The molecule has 0 amide bonds. The Morgan fingerprint density at radius 3 is 1.81 bits per heavy atom. The van der Waals surface area contributed by atoms with Crippen LogP contribution in [0.15, 0.2) is 40.1 Å². The maximum Gasteiger partial charge on any atom is 0.398 e. The highest BCUT2D eigenvalue weighted by atomic mass is 19.4. The molecule has 1 unspecified atom stereocenters. The van der Waals surface area contributed by atoms with Gasteiger partial charge >= 0.3 is 12.4 Å². The number of ketones is 1. The lowest BCUT2D eigenvalue weighted by Crippen LogP contribution is -2.25. The van der Waals surface area contributed by atoms with Crippen molar-refractivity contribution < 1.29 is 36.2 Å². The van der Waals surface area contributed by atoms with Gasteiger partial charge in [0.1, 0.15) is 5.70 Å². The van der Waals surface area contributed by atoms with E-state index in [1.54, 1.807) is 26.0 Å². The highest BCUT2D eigenvalue weighted by molar-refractivity contribution is 6.05. The van der Waals surface area contributed by atoms with E-state index in [1.807, 2.05) is 13.0 Å². The Kier molecular flexibility index (Phi) is 21.1. The fraction of sp³-hybridized carbons (Fsp3) is 0.765. The molecule has 0 saturated heterocycles. The van der Waals surface area contributed by atoms with Crippen LogP contribution < -0.4 is 0 Å². The summed E-state index contributed by atoms with van der Waals surface area (Å²) >= 11 is 0. The average Bonchev–Trinajstić information content (AvgIpc) is 3.74. The Morgan fingerprint density at radius 1 is 0.977 bits per heavy atom. The Labute approximate surface area is 257 Å². The van der Waals surface area contributed by atoms with Gasteiger partial charge in [-0.2, -0.15) is 26.3 Å². The van der Waals surface area contributed by atoms with Crippen molar-refractivity contribution in [1.29, 1.82) is 0 Å². The molecule has 3 nitrogen and oxygen atoms in total. The van der Waals surface area contributed by atoms with Crippen LogP contribution in [0.25, 0.3) is 0 Å². The van der Waals surface area contributed by atoms with Gasteiger partial charge in [0.25, 0.3) is 0 Å². The number of carbonyl (C=O) groups is 1. The highest BCUT2D eigenvalue weighted by Gasteiger charge is 2.64. The molecule has 0 radical (unpaired) electrons. The van der Waals surface area contributed by atoms with Crippen molar-refractivity contribution in [1.82, 2.24) is 0 Å². The lowest BCUT2D eigenvalue weighted by atomic mass is 9.91. The maximum absolute atomic E-state index is 13.5. The van der Waals surface area contributed by atoms with E-state index < -0.39 is 24.2 Å². The van der Waals surface area contributed by atoms with E-state index >= 15 is 0 Å². The maximum atomic E-state index is 13.5. The van der Waals surface area contributed by atoms with E-state index in [9.17, 15) is 36.2 Å². The standard InChI is InChI=1S/C26H40F3NO2.C5H12.C3H5F3/c1-7-11-21(16-19(5)25(14-15-25)26(27,28)29)20(6)30-23(8-2)24(32)13-10-9-12-22(17-31)18(3)4;1-4-5(2)3;1-2-3(4,5)6/h8,11,16,18,22,31H,7,9-10,12-15,17H2,1-6H3;5H,4H2,1-3H3;2H2,1H3/b19-16+,21-11-,23-8-,30-20-;;. The van der Waals surface area contributed by atoms with Crippen molar-refractivity contribution in [3.8, 4) is 0 Å². The first-order chi connectivity index (χ1) is 19.8. The van der Waals surface area contributed by atoms with Gasteiger partial charge in [0.2, 0.25) is 0 Å². The van der Waals surface area contributed by atoms with Crippen LogP contribution in [-0.4, -0.2) is 35.6 Å². The smallest absolute Gasteiger partial charge is 0.396 e. The molecule has 252 valence electrons. The number of hydrogen-bond donors (Lipinski definition) is 1. The zero-order valence-electron chi connectivity index (χ0n) is 28.1. The third-order valence-corrected chi connectivity index (χ3v) is 7.73. The van der Waals surface area contributed by atoms with Gasteiger partial charge < -0.3 is 5.11 Å². The molecule has 43 heavy (non-hydrogen) atoms. The minimum Gasteiger partial charge on any atom is -0.396 e. The SMILES string of the molecule is CCC(C)C.CCC(F)(F)F.C\C=C(/N=C(C)\C(=C/CC)\C=C(/C)C1(C(F)(F)F)CC1)C(=O)CCCCC(CO)C(C)C. The Bertz CT molecular complexity index is 920. The van der Waals surface area contributed by atoms with Crippen molar-refractivity contribution in [3.05, 3.63) is 35.1 Å². The monoisotopic (exact) mass is 625 g/mol. The van der Waals surface area contributed by atoms with Gasteiger partial charge in [-0.3, -0.25) is 4.79 Å². The van der Waals surface area contributed by atoms with E-state index in [4.69, 9.17) is 0 Å². The second-order valence-corrected chi connectivity index (χ2v) is 12.0. The van der Waals surface area contributed by atoms with Crippen LogP contribution in [0.5, 0.6) is 0 Å². The Balaban J connectivity index is 0. The van der Waals surface area contributed by atoms with Crippen molar-refractivity contribution in [2.45, 2.75) is 139 Å². The summed E-state index contributed by atoms with van der Waals surface area (Å²) in [5.74, 6) is 1.47. The quantitative estimate of drug-likeness (QED) is 0.0686. The number of hydrogen-bond acceptors (Lipinski definition) is 3. The van der Waals surface area contributed by atoms with Gasteiger partial charge in [-0.15, -0.1) is 0 Å². The summed E-state index contributed by atoms with van der Waals surface area (Å²) in [6, 6.07) is 0. The third-order valence-electron chi connectivity index (χ3n) is 7.73. The lowest BCUT2D eigenvalue weighted by Gasteiger charge is -2.20. The zero-order valence-corrected chi connectivity index (χ0v) is 28.1. The molecule has 0 aromatic heterocycles. The van der Waals surface area contributed by atoms with Crippen LogP contribution in [0, 0.1) is 23.2 Å². The second kappa shape index (κ2) is 20.9. The van der Waals surface area contributed by atoms with Crippen LogP contribution in [0.4, 0.5) is 26.3 Å². The predicted octanol–water partition coefficient (Wildman–Crippen LogP) is 11.4. The van der Waals surface area contributed by atoms with E-state index in [2.05, 4.69) is 39.6 Å². The number of allylic oxidation sites excluding steroid dienone is 6. The number of alkyl halides is 6. The minimum absolute atomic E-state index is 0.0672. The molecule has 0 aromatic carbocycles. The average molecular weight is 626 g/mol. The topological polar surface area (TPSA) is 49.7 Å². The van der Waals surface area contributed by atoms with Gasteiger partial charge in [0.05, 0.1) is 5.41 Å². The molecule has 0 heterocycles. The number of rotatable bonds is 14. The van der Waals surface area contributed by atoms with Gasteiger partial charge in [0.15, 0.2) is 5.78 Å². The van der Waals surface area contributed by atoms with Gasteiger partial charge in [0, 0.05) is 25.2 Å². The summed E-state index contributed by atoms with van der Waals surface area (Å²) < 4.78 is 72.7. The molecule has 0 aliphatic heterocycles. The molecule has 1 N–H and O–H groups in total. The van der Waals surface area contributed by atoms with E-state index in [0.717, 1.165) is 32.1 Å². The summed E-state index contributed by atoms with van der Waals surface area (Å²) in [4.78, 5) is 17.1. The fourth-order valence-corrected chi connectivity index (χ4v) is 3.92. The number of aliphatic hydroxyl groups excluding tert-OH is 1. The molecular weight excluding hydrogens is 568 g/mol. The van der Waals surface area contributed by atoms with E-state index in [0.29, 0.717) is 41.3 Å². The first-order valence-corrected chi connectivity index (χ1v) is 15.6. The summed E-state index contributed by atoms with van der Waals surface area (Å²) in [6.45, 7) is 19.0. The molecule has 1 saturated carbocycles. The first-order valence-electron chi connectivity index (χ1n) is 15.6.